The third kappa shape index (κ3) is 1.54. The molecule has 0 N–H and O–H groups in total. The molecule has 0 bridgehead atoms. The molecule has 0 aromatic carbocycles. The van der Waals surface area contributed by atoms with Crippen LogP contribution in [0, 0.1) is 0 Å². The van der Waals surface area contributed by atoms with Crippen molar-refractivity contribution in [3.05, 3.63) is 0 Å². The summed E-state index contributed by atoms with van der Waals surface area (Å²) < 4.78 is 5.22. The molecule has 10 radical (unpaired) electrons. The van der Waals surface area contributed by atoms with E-state index in [2.05, 4.69) is 0 Å². The molecule has 2 fully saturated rings. The monoisotopic (exact) mass is 205 g/mol. The number of hydrogen-bond donors (Lipinski definition) is 0. The van der Waals surface area contributed by atoms with Crippen molar-refractivity contribution in [3.63, 3.8) is 0 Å². The number of rotatable bonds is 2. The molecule has 0 aromatic heterocycles. The molecule has 0 amide bonds. The SMILES string of the molecule is [B]C1CN2C([B])([B])CCC2(C([B])([B])OC)C1. The van der Waals surface area contributed by atoms with Crippen molar-refractivity contribution in [1.29, 1.82) is 0 Å². The van der Waals surface area contributed by atoms with Crippen molar-refractivity contribution >= 4 is 39.2 Å². The van der Waals surface area contributed by atoms with Crippen LogP contribution in [0.3, 0.4) is 0 Å². The molecule has 2 aliphatic rings. The molecule has 0 spiro atoms. The van der Waals surface area contributed by atoms with E-state index in [9.17, 15) is 0 Å². The van der Waals surface area contributed by atoms with Gasteiger partial charge in [0.05, 0.1) is 23.5 Å². The zero-order chi connectivity index (χ0) is 12.2. The van der Waals surface area contributed by atoms with Gasteiger partial charge in [0.1, 0.15) is 15.7 Å². The summed E-state index contributed by atoms with van der Waals surface area (Å²) in [6.07, 6.45) is 2.00. The smallest absolute Gasteiger partial charge is 0.102 e. The number of nitrogens with zero attached hydrogens (tertiary/aromatic N) is 1. The Kier molecular flexibility index (Phi) is 2.87. The molecule has 0 aromatic rings. The number of hydrogen-bond acceptors (Lipinski definition) is 2. The van der Waals surface area contributed by atoms with Gasteiger partial charge in [-0.2, -0.15) is 0 Å². The first-order valence-electron chi connectivity index (χ1n) is 5.49. The van der Waals surface area contributed by atoms with Gasteiger partial charge in [0, 0.05) is 18.0 Å². The minimum absolute atomic E-state index is 0.0200. The Morgan fingerprint density at radius 1 is 1.31 bits per heavy atom. The molecule has 2 unspecified atom stereocenters. The van der Waals surface area contributed by atoms with Gasteiger partial charge in [0.2, 0.25) is 0 Å². The lowest BCUT2D eigenvalue weighted by molar-refractivity contribution is -0.00225. The fourth-order valence-corrected chi connectivity index (χ4v) is 3.12. The topological polar surface area (TPSA) is 12.5 Å². The maximum absolute atomic E-state index is 6.04. The predicted molar refractivity (Wildman–Crippen MR) is 68.3 cm³/mol. The normalized spacial score (nSPS) is 38.7. The fourth-order valence-electron chi connectivity index (χ4n) is 3.12. The van der Waals surface area contributed by atoms with E-state index >= 15 is 0 Å². The van der Waals surface area contributed by atoms with E-state index < -0.39 is 16.3 Å². The van der Waals surface area contributed by atoms with Crippen LogP contribution >= 0.6 is 0 Å². The van der Waals surface area contributed by atoms with Gasteiger partial charge in [-0.15, -0.1) is 0 Å². The first-order valence-corrected chi connectivity index (χ1v) is 5.49. The van der Waals surface area contributed by atoms with Gasteiger partial charge < -0.3 is 9.64 Å². The van der Waals surface area contributed by atoms with Gasteiger partial charge in [0.25, 0.3) is 0 Å². The highest BCUT2D eigenvalue weighted by molar-refractivity contribution is 6.42. The van der Waals surface area contributed by atoms with Crippen LogP contribution in [-0.4, -0.2) is 74.1 Å². The lowest BCUT2D eigenvalue weighted by Gasteiger charge is -2.50. The molecule has 0 aliphatic carbocycles. The van der Waals surface area contributed by atoms with Crippen LogP contribution in [0.25, 0.3) is 0 Å². The molecule has 2 nitrogen and oxygen atoms in total. The van der Waals surface area contributed by atoms with Crippen LogP contribution < -0.4 is 0 Å². The number of fused-ring (bicyclic) bond motifs is 1. The number of ether oxygens (including phenoxy) is 1. The Morgan fingerprint density at radius 2 is 1.94 bits per heavy atom. The predicted octanol–water partition coefficient (Wildman–Crippen LogP) is -1.19. The summed E-state index contributed by atoms with van der Waals surface area (Å²) in [6.45, 7) is 0.604. The van der Waals surface area contributed by atoms with E-state index in [1.54, 1.807) is 0 Å². The van der Waals surface area contributed by atoms with Crippen molar-refractivity contribution in [1.82, 2.24) is 4.90 Å². The van der Waals surface area contributed by atoms with Crippen LogP contribution in [0.1, 0.15) is 19.3 Å². The van der Waals surface area contributed by atoms with Crippen LogP contribution in [0.15, 0.2) is 0 Å². The summed E-state index contributed by atoms with van der Waals surface area (Å²) in [5.41, 5.74) is -0.551. The van der Waals surface area contributed by atoms with E-state index in [1.165, 1.54) is 7.11 Å². The summed E-state index contributed by atoms with van der Waals surface area (Å²) in [4.78, 5) is 1.91. The Balaban J connectivity index is 2.39. The molecule has 74 valence electrons. The summed E-state index contributed by atoms with van der Waals surface area (Å²) in [5, 5.41) is -2.17. The van der Waals surface area contributed by atoms with E-state index in [1.807, 2.05) is 4.90 Å². The average molecular weight is 204 g/mol. The van der Waals surface area contributed by atoms with Crippen LogP contribution in [0.5, 0.6) is 0 Å². The highest BCUT2D eigenvalue weighted by Gasteiger charge is 2.59. The molecule has 16 heavy (non-hydrogen) atoms. The molecule has 0 saturated carbocycles. The average Bonchev–Trinajstić information content (AvgIpc) is 2.65. The second-order valence-corrected chi connectivity index (χ2v) is 5.09. The van der Waals surface area contributed by atoms with Crippen molar-refractivity contribution in [2.24, 2.45) is 0 Å². The van der Waals surface area contributed by atoms with Crippen molar-refractivity contribution in [2.75, 3.05) is 13.7 Å². The fraction of sp³-hybridized carbons (Fsp3) is 1.00. The van der Waals surface area contributed by atoms with Crippen LogP contribution in [0.4, 0.5) is 0 Å². The van der Waals surface area contributed by atoms with E-state index in [4.69, 9.17) is 44.0 Å². The largest absolute Gasteiger partial charge is 0.396 e. The summed E-state index contributed by atoms with van der Waals surface area (Å²) in [7, 11) is 31.6. The minimum Gasteiger partial charge on any atom is -0.396 e. The first-order chi connectivity index (χ1) is 7.25. The van der Waals surface area contributed by atoms with Gasteiger partial charge in [0.15, 0.2) is 0 Å². The summed E-state index contributed by atoms with van der Waals surface area (Å²) in [5.74, 6) is -0.0200. The zero-order valence-corrected chi connectivity index (χ0v) is 9.65. The Hall–Kier alpha value is 0.245. The molecule has 2 rings (SSSR count). The molecule has 2 heterocycles. The molecule has 2 aliphatic heterocycles. The van der Waals surface area contributed by atoms with Gasteiger partial charge in [-0.1, -0.05) is 11.2 Å². The molecule has 2 atom stereocenters. The Morgan fingerprint density at radius 3 is 2.50 bits per heavy atom. The van der Waals surface area contributed by atoms with Gasteiger partial charge in [-0.05, 0) is 25.8 Å². The quantitative estimate of drug-likeness (QED) is 0.524. The standard InChI is InChI=1S/C9H12B5NO/c1-16-9(13,14)7-2-3-8(11,12)15(7)5-6(10)4-7/h6H,2-5H2,1H3. The Labute approximate surface area is 104 Å². The Bertz CT molecular complexity index is 298. The maximum atomic E-state index is 6.04. The molecule has 2 saturated heterocycles. The van der Waals surface area contributed by atoms with Gasteiger partial charge in [-0.3, -0.25) is 0 Å². The second kappa shape index (κ2) is 3.62. The van der Waals surface area contributed by atoms with Crippen LogP contribution in [-0.2, 0) is 4.74 Å². The minimum atomic E-state index is -1.28. The molecular formula is C9H12B5NO. The highest BCUT2D eigenvalue weighted by Crippen LogP contribution is 2.52. The molecular weight excluding hydrogens is 192 g/mol. The van der Waals surface area contributed by atoms with E-state index in [0.29, 0.717) is 25.8 Å². The second-order valence-electron chi connectivity index (χ2n) is 5.09. The summed E-state index contributed by atoms with van der Waals surface area (Å²) >= 11 is 0. The molecule has 7 heteroatoms. The van der Waals surface area contributed by atoms with Crippen LogP contribution in [0.2, 0.25) is 5.82 Å². The maximum Gasteiger partial charge on any atom is 0.102 e. The third-order valence-corrected chi connectivity index (χ3v) is 4.04. The van der Waals surface area contributed by atoms with Gasteiger partial charge in [-0.25, -0.2) is 0 Å². The van der Waals surface area contributed by atoms with Crippen molar-refractivity contribution < 1.29 is 4.74 Å². The zero-order valence-electron chi connectivity index (χ0n) is 9.65. The third-order valence-electron chi connectivity index (χ3n) is 4.04. The van der Waals surface area contributed by atoms with Crippen molar-refractivity contribution in [2.45, 2.75) is 41.4 Å². The van der Waals surface area contributed by atoms with Gasteiger partial charge >= 0.3 is 0 Å². The lowest BCUT2D eigenvalue weighted by Crippen LogP contribution is -2.64. The number of methoxy groups -OCH3 is 1. The lowest BCUT2D eigenvalue weighted by atomic mass is 9.52. The van der Waals surface area contributed by atoms with Crippen molar-refractivity contribution in [3.8, 4) is 0 Å². The summed E-state index contributed by atoms with van der Waals surface area (Å²) in [6, 6.07) is 0. The van der Waals surface area contributed by atoms with E-state index in [0.717, 1.165) is 0 Å². The first kappa shape index (κ1) is 12.7. The van der Waals surface area contributed by atoms with E-state index in [-0.39, 0.29) is 5.82 Å². The highest BCUT2D eigenvalue weighted by atomic mass is 16.5.